The Kier molecular flexibility index (Phi) is 5.31. The fourth-order valence-corrected chi connectivity index (χ4v) is 2.65. The Hall–Kier alpha value is -1.91. The molecule has 116 valence electrons. The predicted molar refractivity (Wildman–Crippen MR) is 81.8 cm³/mol. The molecule has 5 heteroatoms. The molecule has 5 nitrogen and oxygen atoms in total. The summed E-state index contributed by atoms with van der Waals surface area (Å²) in [6, 6.07) is 5.60. The van der Waals surface area contributed by atoms with Crippen LogP contribution in [0.15, 0.2) is 18.2 Å². The molecule has 0 unspecified atom stereocenters. The number of hydrogen-bond acceptors (Lipinski definition) is 3. The molecule has 0 radical (unpaired) electrons. The van der Waals surface area contributed by atoms with E-state index in [9.17, 15) is 4.79 Å². The highest BCUT2D eigenvalue weighted by Gasteiger charge is 2.20. The number of nitrogens with zero attached hydrogens (tertiary/aromatic N) is 1. The van der Waals surface area contributed by atoms with Crippen LogP contribution in [0.1, 0.15) is 25.3 Å². The Labute approximate surface area is 126 Å². The van der Waals surface area contributed by atoms with E-state index in [1.165, 1.54) is 6.42 Å². The maximum absolute atomic E-state index is 12.2. The molecule has 1 heterocycles. The number of methoxy groups -OCH3 is 2. The van der Waals surface area contributed by atoms with Crippen LogP contribution < -0.4 is 14.8 Å². The van der Waals surface area contributed by atoms with Gasteiger partial charge < -0.3 is 19.7 Å². The summed E-state index contributed by atoms with van der Waals surface area (Å²) in [5.74, 6) is 2.05. The second-order valence-corrected chi connectivity index (χ2v) is 5.53. The van der Waals surface area contributed by atoms with Crippen molar-refractivity contribution in [3.05, 3.63) is 23.8 Å². The van der Waals surface area contributed by atoms with Crippen LogP contribution in [0.25, 0.3) is 0 Å². The molecule has 1 aromatic carbocycles. The quantitative estimate of drug-likeness (QED) is 0.928. The zero-order valence-corrected chi connectivity index (χ0v) is 13.0. The molecule has 1 aliphatic heterocycles. The van der Waals surface area contributed by atoms with Gasteiger partial charge in [0.2, 0.25) is 0 Å². The van der Waals surface area contributed by atoms with Crippen LogP contribution in [0.2, 0.25) is 0 Å². The van der Waals surface area contributed by atoms with Crippen molar-refractivity contribution in [3.63, 3.8) is 0 Å². The highest BCUT2D eigenvalue weighted by molar-refractivity contribution is 5.74. The van der Waals surface area contributed by atoms with Gasteiger partial charge in [-0.3, -0.25) is 0 Å². The van der Waals surface area contributed by atoms with Crippen LogP contribution in [0.4, 0.5) is 4.79 Å². The van der Waals surface area contributed by atoms with Gasteiger partial charge in [-0.2, -0.15) is 0 Å². The third kappa shape index (κ3) is 4.03. The van der Waals surface area contributed by atoms with Crippen molar-refractivity contribution in [3.8, 4) is 11.5 Å². The van der Waals surface area contributed by atoms with Crippen molar-refractivity contribution in [1.82, 2.24) is 10.2 Å². The number of urea groups is 1. The molecule has 21 heavy (non-hydrogen) atoms. The lowest BCUT2D eigenvalue weighted by Crippen LogP contribution is -2.44. The van der Waals surface area contributed by atoms with Gasteiger partial charge in [0, 0.05) is 31.3 Å². The van der Waals surface area contributed by atoms with E-state index < -0.39 is 0 Å². The lowest BCUT2D eigenvalue weighted by molar-refractivity contribution is 0.169. The first-order valence-corrected chi connectivity index (χ1v) is 7.37. The Bertz CT molecular complexity index is 490. The minimum Gasteiger partial charge on any atom is -0.497 e. The first-order valence-electron chi connectivity index (χ1n) is 7.37. The van der Waals surface area contributed by atoms with Gasteiger partial charge in [0.1, 0.15) is 11.5 Å². The first-order chi connectivity index (χ1) is 10.1. The van der Waals surface area contributed by atoms with Gasteiger partial charge in [0.25, 0.3) is 0 Å². The van der Waals surface area contributed by atoms with Gasteiger partial charge in [0.15, 0.2) is 0 Å². The first kappa shape index (κ1) is 15.5. The molecule has 1 N–H and O–H groups in total. The van der Waals surface area contributed by atoms with E-state index in [0.29, 0.717) is 12.5 Å². The van der Waals surface area contributed by atoms with Gasteiger partial charge in [-0.05, 0) is 30.9 Å². The summed E-state index contributed by atoms with van der Waals surface area (Å²) in [5, 5.41) is 2.97. The fourth-order valence-electron chi connectivity index (χ4n) is 2.65. The van der Waals surface area contributed by atoms with Crippen molar-refractivity contribution in [1.29, 1.82) is 0 Å². The summed E-state index contributed by atoms with van der Waals surface area (Å²) in [5.41, 5.74) is 0.941. The van der Waals surface area contributed by atoms with Gasteiger partial charge in [0.05, 0.1) is 14.2 Å². The van der Waals surface area contributed by atoms with E-state index in [1.807, 2.05) is 23.1 Å². The van der Waals surface area contributed by atoms with Crippen LogP contribution in [0.5, 0.6) is 11.5 Å². The molecule has 2 amide bonds. The molecule has 1 fully saturated rings. The standard InChI is InChI=1S/C16H24N2O3/c1-12-5-4-8-18(11-12)16(19)17-10-13-6-7-14(20-2)9-15(13)21-3/h6-7,9,12H,4-5,8,10-11H2,1-3H3,(H,17,19)/t12-/m1/s1. The summed E-state index contributed by atoms with van der Waals surface area (Å²) >= 11 is 0. The van der Waals surface area contributed by atoms with Crippen molar-refractivity contribution in [2.75, 3.05) is 27.3 Å². The second kappa shape index (κ2) is 7.20. The lowest BCUT2D eigenvalue weighted by Gasteiger charge is -2.31. The Morgan fingerprint density at radius 1 is 1.38 bits per heavy atom. The Morgan fingerprint density at radius 3 is 2.86 bits per heavy atom. The molecule has 0 aromatic heterocycles. The smallest absolute Gasteiger partial charge is 0.317 e. The second-order valence-electron chi connectivity index (χ2n) is 5.53. The van der Waals surface area contributed by atoms with Crippen LogP contribution in [-0.2, 0) is 6.54 Å². The van der Waals surface area contributed by atoms with E-state index in [2.05, 4.69) is 12.2 Å². The lowest BCUT2D eigenvalue weighted by atomic mass is 10.0. The van der Waals surface area contributed by atoms with Gasteiger partial charge in [-0.15, -0.1) is 0 Å². The van der Waals surface area contributed by atoms with Crippen LogP contribution in [0, 0.1) is 5.92 Å². The molecule has 1 atom stereocenters. The average molecular weight is 292 g/mol. The Morgan fingerprint density at radius 2 is 2.19 bits per heavy atom. The maximum Gasteiger partial charge on any atom is 0.317 e. The zero-order valence-electron chi connectivity index (χ0n) is 13.0. The number of carbonyl (C=O) groups excluding carboxylic acids is 1. The number of nitrogens with one attached hydrogen (secondary N) is 1. The fraction of sp³-hybridized carbons (Fsp3) is 0.562. The van der Waals surface area contributed by atoms with Gasteiger partial charge >= 0.3 is 6.03 Å². The largest absolute Gasteiger partial charge is 0.497 e. The predicted octanol–water partition coefficient (Wildman–Crippen LogP) is 2.65. The minimum absolute atomic E-state index is 0.000536. The number of carbonyl (C=O) groups is 1. The van der Waals surface area contributed by atoms with E-state index in [4.69, 9.17) is 9.47 Å². The number of benzene rings is 1. The number of likely N-dealkylation sites (tertiary alicyclic amines) is 1. The highest BCUT2D eigenvalue weighted by Crippen LogP contribution is 2.24. The number of amides is 2. The molecular formula is C16H24N2O3. The third-order valence-electron chi connectivity index (χ3n) is 3.87. The third-order valence-corrected chi connectivity index (χ3v) is 3.87. The molecule has 1 aliphatic rings. The van der Waals surface area contributed by atoms with E-state index in [1.54, 1.807) is 14.2 Å². The molecule has 0 aliphatic carbocycles. The molecule has 1 aromatic rings. The molecule has 0 spiro atoms. The Balaban J connectivity index is 1.94. The monoisotopic (exact) mass is 292 g/mol. The maximum atomic E-state index is 12.2. The minimum atomic E-state index is -0.000536. The molecule has 2 rings (SSSR count). The van der Waals surface area contributed by atoms with Crippen molar-refractivity contribution in [2.24, 2.45) is 5.92 Å². The zero-order chi connectivity index (χ0) is 15.2. The van der Waals surface area contributed by atoms with Crippen LogP contribution >= 0.6 is 0 Å². The summed E-state index contributed by atoms with van der Waals surface area (Å²) in [7, 11) is 3.24. The highest BCUT2D eigenvalue weighted by atomic mass is 16.5. The van der Waals surface area contributed by atoms with Crippen molar-refractivity contribution < 1.29 is 14.3 Å². The van der Waals surface area contributed by atoms with Crippen LogP contribution in [-0.4, -0.2) is 38.2 Å². The van der Waals surface area contributed by atoms with Gasteiger partial charge in [-0.1, -0.05) is 6.92 Å². The van der Waals surface area contributed by atoms with E-state index in [-0.39, 0.29) is 6.03 Å². The molecule has 1 saturated heterocycles. The average Bonchev–Trinajstić information content (AvgIpc) is 2.52. The summed E-state index contributed by atoms with van der Waals surface area (Å²) in [4.78, 5) is 14.1. The number of ether oxygens (including phenoxy) is 2. The number of rotatable bonds is 4. The topological polar surface area (TPSA) is 50.8 Å². The molecule has 0 bridgehead atoms. The molecular weight excluding hydrogens is 268 g/mol. The SMILES string of the molecule is COc1ccc(CNC(=O)N2CCC[C@@H](C)C2)c(OC)c1. The number of piperidine rings is 1. The van der Waals surface area contributed by atoms with Gasteiger partial charge in [-0.25, -0.2) is 4.79 Å². The summed E-state index contributed by atoms with van der Waals surface area (Å²) in [6.45, 7) is 4.32. The number of hydrogen-bond donors (Lipinski definition) is 1. The summed E-state index contributed by atoms with van der Waals surface area (Å²) in [6.07, 6.45) is 2.29. The van der Waals surface area contributed by atoms with Crippen LogP contribution in [0.3, 0.4) is 0 Å². The normalized spacial score (nSPS) is 18.2. The summed E-state index contributed by atoms with van der Waals surface area (Å²) < 4.78 is 10.5. The van der Waals surface area contributed by atoms with Crippen molar-refractivity contribution >= 4 is 6.03 Å². The van der Waals surface area contributed by atoms with Crippen molar-refractivity contribution in [2.45, 2.75) is 26.3 Å². The van der Waals surface area contributed by atoms with E-state index in [0.717, 1.165) is 36.6 Å². The van der Waals surface area contributed by atoms with E-state index >= 15 is 0 Å². The molecule has 0 saturated carbocycles.